The molecule has 1 atom stereocenters. The molecule has 0 aliphatic rings. The predicted molar refractivity (Wildman–Crippen MR) is 30.9 cm³/mol. The monoisotopic (exact) mass is 135 g/mol. The van der Waals surface area contributed by atoms with Crippen LogP contribution in [-0.2, 0) is 4.84 Å². The molecule has 0 spiro atoms. The van der Waals surface area contributed by atoms with E-state index in [-0.39, 0.29) is 11.5 Å². The van der Waals surface area contributed by atoms with Gasteiger partial charge in [0.15, 0.2) is 0 Å². The zero-order valence-corrected chi connectivity index (χ0v) is 5.74. The fourth-order valence-corrected chi connectivity index (χ4v) is 0.620. The Bertz CT molecular complexity index is 67.2. The molecule has 0 amide bonds. The maximum atomic E-state index is 8.12. The Hall–Kier alpha value is -0.160. The lowest BCUT2D eigenvalue weighted by Crippen LogP contribution is -2.21. The lowest BCUT2D eigenvalue weighted by Gasteiger charge is -2.12. The third-order valence-electron chi connectivity index (χ3n) is 0.969. The van der Waals surface area contributed by atoms with Crippen molar-refractivity contribution in [3.63, 3.8) is 0 Å². The first kappa shape index (κ1) is 8.84. The van der Waals surface area contributed by atoms with Crippen LogP contribution in [0.2, 0.25) is 0 Å². The summed E-state index contributed by atoms with van der Waals surface area (Å²) in [5.74, 6) is 0. The number of nitrogens with zero attached hydrogens (tertiary/aromatic N) is 1. The SMILES string of the molecule is CCC[C@H](C)ON(O)O. The Balaban J connectivity index is 3.15. The fourth-order valence-electron chi connectivity index (χ4n) is 0.620. The van der Waals surface area contributed by atoms with Gasteiger partial charge >= 0.3 is 0 Å². The molecule has 0 heterocycles. The molecule has 0 saturated heterocycles. The highest BCUT2D eigenvalue weighted by atomic mass is 17.1. The number of hydrogen-bond donors (Lipinski definition) is 2. The van der Waals surface area contributed by atoms with Gasteiger partial charge in [0.1, 0.15) is 0 Å². The smallest absolute Gasteiger partial charge is 0.0816 e. The topological polar surface area (TPSA) is 52.9 Å². The molecule has 0 aromatic rings. The highest BCUT2D eigenvalue weighted by molar-refractivity contribution is 4.43. The minimum atomic E-state index is -0.250. The van der Waals surface area contributed by atoms with Crippen molar-refractivity contribution in [2.75, 3.05) is 0 Å². The van der Waals surface area contributed by atoms with Crippen molar-refractivity contribution < 1.29 is 15.3 Å². The van der Waals surface area contributed by atoms with Crippen molar-refractivity contribution in [3.8, 4) is 0 Å². The van der Waals surface area contributed by atoms with Crippen LogP contribution in [0.15, 0.2) is 0 Å². The lowest BCUT2D eigenvalue weighted by atomic mass is 10.2. The molecule has 0 aliphatic heterocycles. The lowest BCUT2D eigenvalue weighted by molar-refractivity contribution is -0.503. The van der Waals surface area contributed by atoms with E-state index in [0.29, 0.717) is 0 Å². The first-order valence-corrected chi connectivity index (χ1v) is 3.01. The number of rotatable bonds is 4. The van der Waals surface area contributed by atoms with Gasteiger partial charge in [-0.15, -0.1) is 0 Å². The van der Waals surface area contributed by atoms with Crippen LogP contribution in [0.25, 0.3) is 0 Å². The second-order valence-corrected chi connectivity index (χ2v) is 1.96. The van der Waals surface area contributed by atoms with Gasteiger partial charge in [0.2, 0.25) is 0 Å². The van der Waals surface area contributed by atoms with Gasteiger partial charge in [0.05, 0.1) is 11.5 Å². The van der Waals surface area contributed by atoms with Gasteiger partial charge in [-0.05, 0) is 13.3 Å². The van der Waals surface area contributed by atoms with Crippen LogP contribution in [0.3, 0.4) is 0 Å². The highest BCUT2D eigenvalue weighted by Crippen LogP contribution is 2.00. The molecule has 0 saturated carbocycles. The van der Waals surface area contributed by atoms with Gasteiger partial charge in [-0.2, -0.15) is 0 Å². The molecule has 0 aromatic carbocycles. The predicted octanol–water partition coefficient (Wildman–Crippen LogP) is 1.19. The van der Waals surface area contributed by atoms with Crippen molar-refractivity contribution in [1.29, 1.82) is 0 Å². The fraction of sp³-hybridized carbons (Fsp3) is 1.00. The summed E-state index contributed by atoms with van der Waals surface area (Å²) in [5, 5.41) is 16.0. The van der Waals surface area contributed by atoms with Crippen LogP contribution in [0, 0.1) is 0 Å². The standard InChI is InChI=1S/C5H13NO3/c1-3-4-5(2)9-6(7)8/h5,7-8H,3-4H2,1-2H3/t5-/m0/s1. The van der Waals surface area contributed by atoms with Gasteiger partial charge in [0, 0.05) is 0 Å². The van der Waals surface area contributed by atoms with Crippen LogP contribution in [-0.4, -0.2) is 21.9 Å². The Labute approximate surface area is 54.5 Å². The molecule has 0 aromatic heterocycles. The quantitative estimate of drug-likeness (QED) is 0.568. The van der Waals surface area contributed by atoms with E-state index >= 15 is 0 Å². The van der Waals surface area contributed by atoms with Gasteiger partial charge in [-0.25, -0.2) is 4.84 Å². The first-order chi connectivity index (χ1) is 4.16. The molecule has 2 N–H and O–H groups in total. The molecular weight excluding hydrogens is 122 g/mol. The van der Waals surface area contributed by atoms with Gasteiger partial charge in [0.25, 0.3) is 0 Å². The minimum Gasteiger partial charge on any atom is -0.266 e. The van der Waals surface area contributed by atoms with E-state index in [1.54, 1.807) is 6.92 Å². The summed E-state index contributed by atoms with van der Waals surface area (Å²) in [6, 6.07) is 0. The van der Waals surface area contributed by atoms with Crippen molar-refractivity contribution in [2.45, 2.75) is 32.8 Å². The van der Waals surface area contributed by atoms with Gasteiger partial charge in [-0.1, -0.05) is 13.3 Å². The summed E-state index contributed by atoms with van der Waals surface area (Å²) in [5.41, 5.74) is 0. The van der Waals surface area contributed by atoms with Crippen molar-refractivity contribution >= 4 is 0 Å². The van der Waals surface area contributed by atoms with Crippen LogP contribution < -0.4 is 0 Å². The van der Waals surface area contributed by atoms with Crippen molar-refractivity contribution in [2.24, 2.45) is 0 Å². The Morgan fingerprint density at radius 3 is 2.44 bits per heavy atom. The minimum absolute atomic E-state index is 0.134. The van der Waals surface area contributed by atoms with E-state index in [9.17, 15) is 0 Å². The van der Waals surface area contributed by atoms with E-state index in [4.69, 9.17) is 10.4 Å². The molecule has 56 valence electrons. The average molecular weight is 135 g/mol. The molecule has 0 unspecified atom stereocenters. The van der Waals surface area contributed by atoms with E-state index in [2.05, 4.69) is 4.84 Å². The van der Waals surface area contributed by atoms with Gasteiger partial charge in [-0.3, -0.25) is 10.4 Å². The Kier molecular flexibility index (Phi) is 4.61. The molecule has 9 heavy (non-hydrogen) atoms. The normalized spacial score (nSPS) is 14.3. The van der Waals surface area contributed by atoms with Crippen molar-refractivity contribution in [3.05, 3.63) is 0 Å². The molecule has 0 radical (unpaired) electrons. The molecular formula is C5H13NO3. The second-order valence-electron chi connectivity index (χ2n) is 1.96. The molecule has 4 nitrogen and oxygen atoms in total. The zero-order chi connectivity index (χ0) is 7.28. The van der Waals surface area contributed by atoms with Crippen LogP contribution in [0.5, 0.6) is 0 Å². The molecule has 0 fully saturated rings. The van der Waals surface area contributed by atoms with E-state index in [1.807, 2.05) is 6.92 Å². The van der Waals surface area contributed by atoms with Crippen LogP contribution in [0.4, 0.5) is 0 Å². The van der Waals surface area contributed by atoms with Crippen molar-refractivity contribution in [1.82, 2.24) is 5.39 Å². The summed E-state index contributed by atoms with van der Waals surface area (Å²) in [6.45, 7) is 3.77. The average Bonchev–Trinajstić information content (AvgIpc) is 1.63. The second kappa shape index (κ2) is 4.69. The van der Waals surface area contributed by atoms with E-state index in [0.717, 1.165) is 12.8 Å². The summed E-state index contributed by atoms with van der Waals surface area (Å²) in [4.78, 5) is 4.43. The molecule has 0 aliphatic carbocycles. The highest BCUT2D eigenvalue weighted by Gasteiger charge is 2.02. The third-order valence-corrected chi connectivity index (χ3v) is 0.969. The molecule has 0 bridgehead atoms. The van der Waals surface area contributed by atoms with Gasteiger partial charge < -0.3 is 0 Å². The van der Waals surface area contributed by atoms with Crippen LogP contribution in [0.1, 0.15) is 26.7 Å². The van der Waals surface area contributed by atoms with Crippen LogP contribution >= 0.6 is 0 Å². The third kappa shape index (κ3) is 5.72. The summed E-state index contributed by atoms with van der Waals surface area (Å²) in [6.07, 6.45) is 1.65. The Morgan fingerprint density at radius 1 is 1.56 bits per heavy atom. The summed E-state index contributed by atoms with van der Waals surface area (Å²) < 4.78 is 0. The maximum absolute atomic E-state index is 8.12. The first-order valence-electron chi connectivity index (χ1n) is 3.01. The molecule has 0 rings (SSSR count). The van der Waals surface area contributed by atoms with E-state index in [1.165, 1.54) is 0 Å². The van der Waals surface area contributed by atoms with E-state index < -0.39 is 0 Å². The zero-order valence-electron chi connectivity index (χ0n) is 5.74. The number of hydrogen-bond acceptors (Lipinski definition) is 4. The summed E-state index contributed by atoms with van der Waals surface area (Å²) >= 11 is 0. The summed E-state index contributed by atoms with van der Waals surface area (Å²) in [7, 11) is 0. The maximum Gasteiger partial charge on any atom is 0.0816 e. The Morgan fingerprint density at radius 2 is 2.11 bits per heavy atom. The largest absolute Gasteiger partial charge is 0.266 e. The molecule has 4 heteroatoms.